The molecule has 0 atom stereocenters. The molecule has 5 nitrogen and oxygen atoms in total. The standard InChI is InChI=1S/C17H15NO4/c19-16-14-9-4-5-10-15(14)18(17(20)22-16)11-6-12-21-13-7-2-1-3-8-13/h1-5,7-10H,6,11-12H2. The average molecular weight is 297 g/mol. The van der Waals surface area contributed by atoms with Gasteiger partial charge in [0.2, 0.25) is 0 Å². The van der Waals surface area contributed by atoms with E-state index in [2.05, 4.69) is 0 Å². The fraction of sp³-hybridized carbons (Fsp3) is 0.176. The first-order valence-corrected chi connectivity index (χ1v) is 7.06. The first kappa shape index (κ1) is 14.1. The zero-order chi connectivity index (χ0) is 15.4. The minimum absolute atomic E-state index is 0.408. The van der Waals surface area contributed by atoms with E-state index in [9.17, 15) is 9.59 Å². The Morgan fingerprint density at radius 3 is 2.50 bits per heavy atom. The highest BCUT2D eigenvalue weighted by atomic mass is 16.5. The smallest absolute Gasteiger partial charge is 0.422 e. The lowest BCUT2D eigenvalue weighted by atomic mass is 10.2. The molecule has 3 rings (SSSR count). The van der Waals surface area contributed by atoms with Crippen molar-refractivity contribution in [3.8, 4) is 5.75 Å². The average Bonchev–Trinajstić information content (AvgIpc) is 2.55. The van der Waals surface area contributed by atoms with Gasteiger partial charge in [-0.3, -0.25) is 4.57 Å². The van der Waals surface area contributed by atoms with E-state index in [1.807, 2.05) is 30.3 Å². The van der Waals surface area contributed by atoms with E-state index in [1.165, 1.54) is 4.57 Å². The SMILES string of the molecule is O=c1oc(=O)n(CCCOc2ccccc2)c2ccccc12. The van der Waals surface area contributed by atoms with Crippen LogP contribution in [-0.2, 0) is 6.54 Å². The van der Waals surface area contributed by atoms with Crippen molar-refractivity contribution in [1.29, 1.82) is 0 Å². The zero-order valence-electron chi connectivity index (χ0n) is 11.9. The molecule has 0 radical (unpaired) electrons. The Morgan fingerprint density at radius 2 is 1.68 bits per heavy atom. The lowest BCUT2D eigenvalue weighted by molar-refractivity contribution is 0.296. The molecule has 5 heteroatoms. The molecular weight excluding hydrogens is 282 g/mol. The third-order valence-corrected chi connectivity index (χ3v) is 3.35. The third kappa shape index (κ3) is 2.93. The van der Waals surface area contributed by atoms with Crippen LogP contribution < -0.4 is 16.1 Å². The minimum Gasteiger partial charge on any atom is -0.494 e. The number of benzene rings is 2. The molecule has 0 aliphatic carbocycles. The summed E-state index contributed by atoms with van der Waals surface area (Å²) < 4.78 is 11.8. The largest absolute Gasteiger partial charge is 0.494 e. The number of ether oxygens (including phenoxy) is 1. The van der Waals surface area contributed by atoms with Crippen LogP contribution in [0.2, 0.25) is 0 Å². The van der Waals surface area contributed by atoms with Crippen molar-refractivity contribution in [2.45, 2.75) is 13.0 Å². The lowest BCUT2D eigenvalue weighted by Crippen LogP contribution is -2.25. The lowest BCUT2D eigenvalue weighted by Gasteiger charge is -2.09. The maximum Gasteiger partial charge on any atom is 0.422 e. The van der Waals surface area contributed by atoms with Gasteiger partial charge in [0.1, 0.15) is 5.75 Å². The van der Waals surface area contributed by atoms with Crippen molar-refractivity contribution in [1.82, 2.24) is 4.57 Å². The van der Waals surface area contributed by atoms with Crippen LogP contribution in [0.25, 0.3) is 10.9 Å². The van der Waals surface area contributed by atoms with Crippen LogP contribution in [-0.4, -0.2) is 11.2 Å². The van der Waals surface area contributed by atoms with E-state index in [1.54, 1.807) is 24.3 Å². The summed E-state index contributed by atoms with van der Waals surface area (Å²) in [4.78, 5) is 23.5. The van der Waals surface area contributed by atoms with Crippen LogP contribution in [0.5, 0.6) is 5.75 Å². The molecule has 0 saturated carbocycles. The quantitative estimate of drug-likeness (QED) is 0.679. The van der Waals surface area contributed by atoms with Crippen molar-refractivity contribution in [3.63, 3.8) is 0 Å². The topological polar surface area (TPSA) is 61.4 Å². The Balaban J connectivity index is 1.74. The number of hydrogen-bond donors (Lipinski definition) is 0. The number of aryl methyl sites for hydroxylation is 1. The summed E-state index contributed by atoms with van der Waals surface area (Å²) in [6.45, 7) is 0.903. The molecule has 1 aromatic heterocycles. The molecule has 22 heavy (non-hydrogen) atoms. The maximum absolute atomic E-state index is 11.9. The van der Waals surface area contributed by atoms with Gasteiger partial charge < -0.3 is 9.15 Å². The molecular formula is C17H15NO4. The molecule has 112 valence electrons. The molecule has 0 aliphatic rings. The van der Waals surface area contributed by atoms with Crippen molar-refractivity contribution in [3.05, 3.63) is 75.6 Å². The van der Waals surface area contributed by atoms with Crippen LogP contribution in [0.4, 0.5) is 0 Å². The molecule has 0 bridgehead atoms. The molecule has 2 aromatic carbocycles. The molecule has 0 amide bonds. The van der Waals surface area contributed by atoms with E-state index in [0.717, 1.165) is 5.75 Å². The second-order valence-electron chi connectivity index (χ2n) is 4.84. The van der Waals surface area contributed by atoms with Gasteiger partial charge in [-0.05, 0) is 30.7 Å². The van der Waals surface area contributed by atoms with Gasteiger partial charge >= 0.3 is 11.4 Å². The van der Waals surface area contributed by atoms with Gasteiger partial charge in [0.15, 0.2) is 0 Å². The van der Waals surface area contributed by atoms with Crippen LogP contribution >= 0.6 is 0 Å². The molecule has 1 heterocycles. The summed E-state index contributed by atoms with van der Waals surface area (Å²) in [5.41, 5.74) is -0.0131. The minimum atomic E-state index is -0.636. The summed E-state index contributed by atoms with van der Waals surface area (Å²) in [7, 11) is 0. The summed E-state index contributed by atoms with van der Waals surface area (Å²) in [5, 5.41) is 0.408. The van der Waals surface area contributed by atoms with Crippen molar-refractivity contribution < 1.29 is 9.15 Å². The Kier molecular flexibility index (Phi) is 4.05. The highest BCUT2D eigenvalue weighted by Gasteiger charge is 2.08. The van der Waals surface area contributed by atoms with Crippen LogP contribution in [0.15, 0.2) is 68.6 Å². The van der Waals surface area contributed by atoms with Crippen molar-refractivity contribution in [2.75, 3.05) is 6.61 Å². The predicted molar refractivity (Wildman–Crippen MR) is 83.3 cm³/mol. The first-order valence-electron chi connectivity index (χ1n) is 7.06. The fourth-order valence-electron chi connectivity index (χ4n) is 2.31. The van der Waals surface area contributed by atoms with E-state index in [0.29, 0.717) is 30.5 Å². The van der Waals surface area contributed by atoms with E-state index >= 15 is 0 Å². The van der Waals surface area contributed by atoms with Gasteiger partial charge in [-0.1, -0.05) is 30.3 Å². The molecule has 0 spiro atoms. The number of aromatic nitrogens is 1. The molecule has 0 saturated heterocycles. The molecule has 0 fully saturated rings. The van der Waals surface area contributed by atoms with E-state index in [4.69, 9.17) is 9.15 Å². The second kappa shape index (κ2) is 6.30. The van der Waals surface area contributed by atoms with Crippen molar-refractivity contribution in [2.24, 2.45) is 0 Å². The van der Waals surface area contributed by atoms with Gasteiger partial charge in [-0.2, -0.15) is 0 Å². The van der Waals surface area contributed by atoms with Crippen LogP contribution in [0.1, 0.15) is 6.42 Å². The van der Waals surface area contributed by atoms with E-state index in [-0.39, 0.29) is 0 Å². The number of nitrogens with zero attached hydrogens (tertiary/aromatic N) is 1. The Morgan fingerprint density at radius 1 is 0.955 bits per heavy atom. The Hall–Kier alpha value is -2.82. The number of fused-ring (bicyclic) bond motifs is 1. The summed E-state index contributed by atoms with van der Waals surface area (Å²) >= 11 is 0. The number of hydrogen-bond acceptors (Lipinski definition) is 4. The molecule has 0 N–H and O–H groups in total. The highest BCUT2D eigenvalue weighted by molar-refractivity contribution is 5.77. The van der Waals surface area contributed by atoms with Gasteiger partial charge in [0, 0.05) is 6.54 Å². The molecule has 0 aliphatic heterocycles. The van der Waals surface area contributed by atoms with Gasteiger partial charge in [-0.25, -0.2) is 9.59 Å². The molecule has 3 aromatic rings. The first-order chi connectivity index (χ1) is 10.8. The van der Waals surface area contributed by atoms with E-state index < -0.39 is 11.4 Å². The summed E-state index contributed by atoms with van der Waals surface area (Å²) in [6, 6.07) is 16.4. The molecule has 0 unspecified atom stereocenters. The third-order valence-electron chi connectivity index (χ3n) is 3.35. The zero-order valence-corrected chi connectivity index (χ0v) is 11.9. The monoisotopic (exact) mass is 297 g/mol. The van der Waals surface area contributed by atoms with Crippen LogP contribution in [0, 0.1) is 0 Å². The number of para-hydroxylation sites is 2. The predicted octanol–water partition coefficient (Wildman–Crippen LogP) is 2.42. The normalized spacial score (nSPS) is 10.7. The highest BCUT2D eigenvalue weighted by Crippen LogP contribution is 2.10. The maximum atomic E-state index is 11.9. The second-order valence-corrected chi connectivity index (χ2v) is 4.84. The Labute approximate surface area is 126 Å². The van der Waals surface area contributed by atoms with Gasteiger partial charge in [0.25, 0.3) is 0 Å². The van der Waals surface area contributed by atoms with Gasteiger partial charge in [-0.15, -0.1) is 0 Å². The number of rotatable bonds is 5. The summed E-state index contributed by atoms with van der Waals surface area (Å²) in [6.07, 6.45) is 0.631. The van der Waals surface area contributed by atoms with Crippen LogP contribution in [0.3, 0.4) is 0 Å². The van der Waals surface area contributed by atoms with Gasteiger partial charge in [0.05, 0.1) is 17.5 Å². The summed E-state index contributed by atoms with van der Waals surface area (Å²) in [5.74, 6) is 0.155. The Bertz CT molecular complexity index is 880. The van der Waals surface area contributed by atoms with Crippen molar-refractivity contribution >= 4 is 10.9 Å². The fourth-order valence-corrected chi connectivity index (χ4v) is 2.31.